The first-order chi connectivity index (χ1) is 38.0. The number of aliphatic hydroxyl groups is 2. The Kier molecular flexibility index (Phi) is 65.4. The topological polar surface area (TPSA) is 95.9 Å². The van der Waals surface area contributed by atoms with Gasteiger partial charge in [-0.1, -0.05) is 327 Å². The second-order valence-corrected chi connectivity index (χ2v) is 24.2. The van der Waals surface area contributed by atoms with E-state index >= 15 is 0 Å². The Bertz CT molecular complexity index is 1200. The average Bonchev–Trinajstić information content (AvgIpc) is 3.43. The third-order valence-corrected chi connectivity index (χ3v) is 16.5. The number of hydrogen-bond acceptors (Lipinski definition) is 5. The molecule has 3 N–H and O–H groups in total. The SMILES string of the molecule is CCCCCC/C=C\CCCCCCCC(=O)OCCCCCCCCCCCCCC/C=C\CCCCCCCCCCCCC(=O)NC(CO)C(O)CCCCCCCCCCCCCCCCCCCCCCC. The van der Waals surface area contributed by atoms with Crippen LogP contribution in [0.5, 0.6) is 0 Å². The van der Waals surface area contributed by atoms with Crippen LogP contribution in [0.25, 0.3) is 0 Å². The van der Waals surface area contributed by atoms with Gasteiger partial charge in [0, 0.05) is 12.8 Å². The number of hydrogen-bond donors (Lipinski definition) is 3. The Morgan fingerprint density at radius 2 is 0.610 bits per heavy atom. The van der Waals surface area contributed by atoms with Gasteiger partial charge in [0.1, 0.15) is 0 Å². The average molecular weight is 1080 g/mol. The van der Waals surface area contributed by atoms with Crippen LogP contribution in [0.4, 0.5) is 0 Å². The predicted molar refractivity (Wildman–Crippen MR) is 338 cm³/mol. The van der Waals surface area contributed by atoms with Crippen LogP contribution in [-0.2, 0) is 14.3 Å². The van der Waals surface area contributed by atoms with Crippen molar-refractivity contribution >= 4 is 11.9 Å². The minimum atomic E-state index is -0.666. The number of amides is 1. The molecule has 0 fully saturated rings. The molecule has 0 rings (SSSR count). The number of rotatable bonds is 66. The molecule has 0 heterocycles. The summed E-state index contributed by atoms with van der Waals surface area (Å²) in [7, 11) is 0. The molecule has 6 heteroatoms. The van der Waals surface area contributed by atoms with Gasteiger partial charge in [-0.05, 0) is 77.0 Å². The fraction of sp³-hybridized carbons (Fsp3) is 0.915. The van der Waals surface area contributed by atoms with Gasteiger partial charge in [-0.2, -0.15) is 0 Å². The molecule has 0 aliphatic heterocycles. The van der Waals surface area contributed by atoms with Crippen molar-refractivity contribution in [3.63, 3.8) is 0 Å². The van der Waals surface area contributed by atoms with E-state index in [0.717, 1.165) is 44.9 Å². The van der Waals surface area contributed by atoms with Crippen molar-refractivity contribution in [1.82, 2.24) is 5.32 Å². The summed E-state index contributed by atoms with van der Waals surface area (Å²) in [5.74, 6) is -0.0268. The molecule has 0 saturated heterocycles. The summed E-state index contributed by atoms with van der Waals surface area (Å²) in [4.78, 5) is 24.6. The van der Waals surface area contributed by atoms with E-state index in [-0.39, 0.29) is 18.5 Å². The largest absolute Gasteiger partial charge is 0.466 e. The molecular formula is C71H137NO5. The first kappa shape index (κ1) is 75.3. The maximum Gasteiger partial charge on any atom is 0.305 e. The number of ether oxygens (including phenoxy) is 1. The summed E-state index contributed by atoms with van der Waals surface area (Å²) < 4.78 is 5.48. The highest BCUT2D eigenvalue weighted by atomic mass is 16.5. The number of unbranched alkanes of at least 4 members (excludes halogenated alkanes) is 51. The molecule has 0 bridgehead atoms. The molecule has 0 aromatic heterocycles. The zero-order valence-corrected chi connectivity index (χ0v) is 52.2. The Morgan fingerprint density at radius 1 is 0.351 bits per heavy atom. The van der Waals surface area contributed by atoms with E-state index in [2.05, 4.69) is 43.5 Å². The van der Waals surface area contributed by atoms with E-state index in [4.69, 9.17) is 4.74 Å². The van der Waals surface area contributed by atoms with E-state index < -0.39 is 12.1 Å². The lowest BCUT2D eigenvalue weighted by atomic mass is 10.0. The van der Waals surface area contributed by atoms with Crippen LogP contribution >= 0.6 is 0 Å². The summed E-state index contributed by atoms with van der Waals surface area (Å²) in [6.07, 6.45) is 83.6. The second-order valence-electron chi connectivity index (χ2n) is 24.2. The van der Waals surface area contributed by atoms with Crippen LogP contribution in [0, 0.1) is 0 Å². The number of carbonyl (C=O) groups is 2. The van der Waals surface area contributed by atoms with Crippen LogP contribution < -0.4 is 5.32 Å². The molecule has 0 spiro atoms. The third kappa shape index (κ3) is 63.4. The van der Waals surface area contributed by atoms with Gasteiger partial charge >= 0.3 is 5.97 Å². The molecule has 1 amide bonds. The summed E-state index contributed by atoms with van der Waals surface area (Å²) in [6, 6.07) is -0.544. The fourth-order valence-corrected chi connectivity index (χ4v) is 11.1. The summed E-state index contributed by atoms with van der Waals surface area (Å²) >= 11 is 0. The smallest absolute Gasteiger partial charge is 0.305 e. The maximum absolute atomic E-state index is 12.5. The van der Waals surface area contributed by atoms with Crippen molar-refractivity contribution in [2.75, 3.05) is 13.2 Å². The van der Waals surface area contributed by atoms with Crippen molar-refractivity contribution in [2.45, 2.75) is 405 Å². The molecule has 6 nitrogen and oxygen atoms in total. The third-order valence-electron chi connectivity index (χ3n) is 16.5. The second kappa shape index (κ2) is 66.8. The first-order valence-corrected chi connectivity index (χ1v) is 35.1. The van der Waals surface area contributed by atoms with Crippen molar-refractivity contribution in [1.29, 1.82) is 0 Å². The van der Waals surface area contributed by atoms with Crippen LogP contribution in [0.15, 0.2) is 24.3 Å². The van der Waals surface area contributed by atoms with Crippen LogP contribution in [-0.4, -0.2) is 47.4 Å². The summed E-state index contributed by atoms with van der Waals surface area (Å²) in [6.45, 7) is 4.97. The lowest BCUT2D eigenvalue weighted by molar-refractivity contribution is -0.143. The Hall–Kier alpha value is -1.66. The quantitative estimate of drug-likeness (QED) is 0.0320. The van der Waals surface area contributed by atoms with E-state index in [1.54, 1.807) is 0 Å². The van der Waals surface area contributed by atoms with E-state index in [0.29, 0.717) is 25.9 Å². The molecule has 0 saturated carbocycles. The van der Waals surface area contributed by atoms with Gasteiger partial charge < -0.3 is 20.3 Å². The van der Waals surface area contributed by atoms with Gasteiger partial charge in [-0.25, -0.2) is 0 Å². The maximum atomic E-state index is 12.5. The lowest BCUT2D eigenvalue weighted by Gasteiger charge is -2.22. The van der Waals surface area contributed by atoms with Gasteiger partial charge in [0.25, 0.3) is 0 Å². The van der Waals surface area contributed by atoms with Crippen LogP contribution in [0.1, 0.15) is 393 Å². The van der Waals surface area contributed by atoms with E-state index in [9.17, 15) is 19.8 Å². The summed E-state index contributed by atoms with van der Waals surface area (Å²) in [5, 5.41) is 23.4. The lowest BCUT2D eigenvalue weighted by Crippen LogP contribution is -2.45. The molecule has 0 radical (unpaired) electrons. The van der Waals surface area contributed by atoms with Gasteiger partial charge in [0.15, 0.2) is 0 Å². The van der Waals surface area contributed by atoms with Crippen LogP contribution in [0.2, 0.25) is 0 Å². The highest BCUT2D eigenvalue weighted by molar-refractivity contribution is 5.76. The highest BCUT2D eigenvalue weighted by Gasteiger charge is 2.20. The molecule has 0 aromatic rings. The number of aliphatic hydroxyl groups excluding tert-OH is 2. The normalized spacial score (nSPS) is 12.6. The molecule has 2 atom stereocenters. The standard InChI is InChI=1S/C71H137NO5/c1-3-5-7-9-11-13-15-17-18-19-20-27-30-33-36-40-43-47-51-55-59-63-69(74)68(67-73)72-70(75)64-60-56-52-48-44-41-37-34-31-28-25-23-21-22-24-26-29-32-35-38-42-46-50-54-58-62-66-77-71(76)65-61-57-53-49-45-39-16-14-12-10-8-6-4-2/h14,16,21,23,68-69,73-74H,3-13,15,17-20,22,24-67H2,1-2H3,(H,72,75)/b16-14-,23-21-. The zero-order chi connectivity index (χ0) is 55.7. The fourth-order valence-electron chi connectivity index (χ4n) is 11.1. The molecular weight excluding hydrogens is 947 g/mol. The van der Waals surface area contributed by atoms with Crippen molar-refractivity contribution in [3.8, 4) is 0 Å². The molecule has 2 unspecified atom stereocenters. The van der Waals surface area contributed by atoms with Crippen molar-refractivity contribution < 1.29 is 24.5 Å². The number of nitrogens with one attached hydrogen (secondary N) is 1. The number of esters is 1. The summed E-state index contributed by atoms with van der Waals surface area (Å²) in [5.41, 5.74) is 0. The zero-order valence-electron chi connectivity index (χ0n) is 52.2. The minimum absolute atomic E-state index is 0.00577. The number of allylic oxidation sites excluding steroid dienone is 4. The Morgan fingerprint density at radius 3 is 0.935 bits per heavy atom. The van der Waals surface area contributed by atoms with E-state index in [1.807, 2.05) is 0 Å². The van der Waals surface area contributed by atoms with Crippen molar-refractivity contribution in [3.05, 3.63) is 24.3 Å². The van der Waals surface area contributed by atoms with Gasteiger partial charge in [0.05, 0.1) is 25.4 Å². The molecule has 0 aromatic carbocycles. The monoisotopic (exact) mass is 1080 g/mol. The Balaban J connectivity index is 3.39. The molecule has 0 aliphatic rings. The van der Waals surface area contributed by atoms with Crippen LogP contribution in [0.3, 0.4) is 0 Å². The van der Waals surface area contributed by atoms with Gasteiger partial charge in [-0.3, -0.25) is 9.59 Å². The molecule has 456 valence electrons. The molecule has 0 aliphatic carbocycles. The Labute approximate surface area is 481 Å². The minimum Gasteiger partial charge on any atom is -0.466 e. The first-order valence-electron chi connectivity index (χ1n) is 35.1. The highest BCUT2D eigenvalue weighted by Crippen LogP contribution is 2.19. The van der Waals surface area contributed by atoms with Crippen molar-refractivity contribution in [2.24, 2.45) is 0 Å². The van der Waals surface area contributed by atoms with E-state index in [1.165, 1.54) is 315 Å². The molecule has 77 heavy (non-hydrogen) atoms. The number of carbonyl (C=O) groups excluding carboxylic acids is 2. The van der Waals surface area contributed by atoms with Gasteiger partial charge in [-0.15, -0.1) is 0 Å². The predicted octanol–water partition coefficient (Wildman–Crippen LogP) is 22.5. The van der Waals surface area contributed by atoms with Gasteiger partial charge in [0.2, 0.25) is 5.91 Å².